The number of H-pyrrole nitrogens is 1. The molecule has 2 aromatic heterocycles. The summed E-state index contributed by atoms with van der Waals surface area (Å²) in [5.41, 5.74) is 1.37. The van der Waals surface area contributed by atoms with E-state index in [0.717, 1.165) is 6.20 Å². The summed E-state index contributed by atoms with van der Waals surface area (Å²) in [4.78, 5) is 15.5. The average Bonchev–Trinajstić information content (AvgIpc) is 3.00. The zero-order valence-corrected chi connectivity index (χ0v) is 17.5. The molecule has 0 fully saturated rings. The summed E-state index contributed by atoms with van der Waals surface area (Å²) in [6, 6.07) is 4.40. The first-order valence-corrected chi connectivity index (χ1v) is 10.8. The van der Waals surface area contributed by atoms with Gasteiger partial charge in [-0.1, -0.05) is 29.3 Å². The summed E-state index contributed by atoms with van der Waals surface area (Å²) in [7, 11) is -3.03. The van der Waals surface area contributed by atoms with Crippen LogP contribution in [0.3, 0.4) is 0 Å². The molecule has 0 aliphatic carbocycles. The van der Waals surface area contributed by atoms with Gasteiger partial charge < -0.3 is 10.3 Å². The number of hydrogen-bond acceptors (Lipinski definition) is 6. The van der Waals surface area contributed by atoms with E-state index in [9.17, 15) is 8.60 Å². The molecule has 0 saturated carbocycles. The Balaban J connectivity index is 2.11. The van der Waals surface area contributed by atoms with Crippen LogP contribution in [0, 0.1) is 24.4 Å². The van der Waals surface area contributed by atoms with Crippen molar-refractivity contribution in [1.82, 2.24) is 19.9 Å². The molecule has 1 unspecified atom stereocenters. The molecule has 0 amide bonds. The van der Waals surface area contributed by atoms with Crippen LogP contribution >= 0.6 is 23.2 Å². The summed E-state index contributed by atoms with van der Waals surface area (Å²) in [5, 5.41) is 3.96. The van der Waals surface area contributed by atoms with E-state index in [0.29, 0.717) is 27.1 Å². The van der Waals surface area contributed by atoms with Crippen LogP contribution in [-0.4, -0.2) is 30.4 Å². The molecule has 11 heteroatoms. The lowest BCUT2D eigenvalue weighted by atomic mass is 10.1. The lowest BCUT2D eigenvalue weighted by Gasteiger charge is -2.18. The van der Waals surface area contributed by atoms with Gasteiger partial charge in [0.05, 0.1) is 31.7 Å². The molecule has 0 spiro atoms. The zero-order valence-electron chi connectivity index (χ0n) is 15.2. The van der Waals surface area contributed by atoms with Gasteiger partial charge in [0.2, 0.25) is 5.95 Å². The van der Waals surface area contributed by atoms with E-state index in [1.165, 1.54) is 13.2 Å². The van der Waals surface area contributed by atoms with E-state index < -0.39 is 21.6 Å². The second kappa shape index (κ2) is 7.65. The van der Waals surface area contributed by atoms with Gasteiger partial charge >= 0.3 is 0 Å². The molecular weight excluding hydrogens is 426 g/mol. The van der Waals surface area contributed by atoms with Gasteiger partial charge in [0.25, 0.3) is 0 Å². The molecule has 3 aromatic rings. The van der Waals surface area contributed by atoms with Gasteiger partial charge in [-0.15, -0.1) is 0 Å². The first kappa shape index (κ1) is 20.5. The molecule has 2 atom stereocenters. The fraction of sp³-hybridized carbons (Fsp3) is 0.235. The molecule has 0 bridgehead atoms. The molecule has 0 aliphatic heterocycles. The fourth-order valence-corrected chi connectivity index (χ4v) is 3.85. The largest absolute Gasteiger partial charge is 0.343 e. The molecule has 148 valence electrons. The molecular formula is C17H17Cl2FN6OS. The van der Waals surface area contributed by atoms with Gasteiger partial charge in [-0.05, 0) is 31.5 Å². The Hall–Kier alpha value is -2.23. The molecule has 0 radical (unpaired) electrons. The summed E-state index contributed by atoms with van der Waals surface area (Å²) < 4.78 is 33.5. The van der Waals surface area contributed by atoms with Crippen molar-refractivity contribution in [1.29, 1.82) is 4.78 Å². The van der Waals surface area contributed by atoms with Crippen LogP contribution in [0.15, 0.2) is 29.4 Å². The number of anilines is 1. The average molecular weight is 443 g/mol. The minimum Gasteiger partial charge on any atom is -0.343 e. The van der Waals surface area contributed by atoms with Crippen molar-refractivity contribution in [3.05, 3.63) is 63.0 Å². The van der Waals surface area contributed by atoms with Crippen molar-refractivity contribution in [2.75, 3.05) is 11.6 Å². The summed E-state index contributed by atoms with van der Waals surface area (Å²) >= 11 is 12.2. The first-order valence-electron chi connectivity index (χ1n) is 8.07. The SMILES string of the molecule is Cc1nc(N[C@H](c2ccc(Cl)c(Cl)c2)c2nc(S(C)(=N)=O)c(C)[nH]2)ncc1F. The molecule has 3 rings (SSSR count). The monoisotopic (exact) mass is 442 g/mol. The third-order valence-electron chi connectivity index (χ3n) is 3.97. The minimum atomic E-state index is -3.03. The lowest BCUT2D eigenvalue weighted by molar-refractivity contribution is 0.601. The molecule has 7 nitrogen and oxygen atoms in total. The summed E-state index contributed by atoms with van der Waals surface area (Å²) in [5.74, 6) is 0.0414. The maximum Gasteiger partial charge on any atom is 0.223 e. The smallest absolute Gasteiger partial charge is 0.223 e. The predicted molar refractivity (Wildman–Crippen MR) is 107 cm³/mol. The Bertz CT molecular complexity index is 1150. The zero-order chi connectivity index (χ0) is 20.6. The quantitative estimate of drug-likeness (QED) is 0.538. The van der Waals surface area contributed by atoms with E-state index in [1.807, 2.05) is 0 Å². The van der Waals surface area contributed by atoms with Crippen LogP contribution in [0.5, 0.6) is 0 Å². The van der Waals surface area contributed by atoms with Crippen molar-refractivity contribution in [2.45, 2.75) is 24.9 Å². The van der Waals surface area contributed by atoms with Crippen LogP contribution in [0.2, 0.25) is 10.0 Å². The number of nitrogens with one attached hydrogen (secondary N) is 3. The summed E-state index contributed by atoms with van der Waals surface area (Å²) in [6.45, 7) is 3.21. The highest BCUT2D eigenvalue weighted by atomic mass is 35.5. The highest BCUT2D eigenvalue weighted by Gasteiger charge is 2.23. The molecule has 0 aliphatic rings. The lowest BCUT2D eigenvalue weighted by Crippen LogP contribution is -2.16. The highest BCUT2D eigenvalue weighted by molar-refractivity contribution is 7.91. The number of aromatic amines is 1. The number of benzene rings is 1. The van der Waals surface area contributed by atoms with E-state index in [1.54, 1.807) is 25.1 Å². The van der Waals surface area contributed by atoms with Crippen LogP contribution < -0.4 is 5.32 Å². The standard InChI is InChI=1S/C17H17Cl2FN6OS/c1-8-13(20)7-22-17(24-8)25-14(10-4-5-11(18)12(19)6-10)15-23-9(2)16(26-15)28(3,21)27/h4-7,14,21H,1-3H3,(H,23,26)(H,22,24,25)/t14-,28?/m1/s1. The maximum absolute atomic E-state index is 13.5. The Morgan fingerprint density at radius 3 is 2.54 bits per heavy atom. The van der Waals surface area contributed by atoms with Gasteiger partial charge in [0, 0.05) is 11.9 Å². The van der Waals surface area contributed by atoms with Crippen molar-refractivity contribution < 1.29 is 8.60 Å². The Morgan fingerprint density at radius 1 is 1.25 bits per heavy atom. The van der Waals surface area contributed by atoms with Crippen LogP contribution in [0.4, 0.5) is 10.3 Å². The molecule has 28 heavy (non-hydrogen) atoms. The molecule has 0 saturated heterocycles. The minimum absolute atomic E-state index is 0.158. The number of halogens is 3. The second-order valence-corrected chi connectivity index (χ2v) is 9.16. The second-order valence-electron chi connectivity index (χ2n) is 6.27. The van der Waals surface area contributed by atoms with Gasteiger partial charge in [-0.2, -0.15) is 0 Å². The number of rotatable bonds is 5. The van der Waals surface area contributed by atoms with Gasteiger partial charge in [0.1, 0.15) is 11.9 Å². The van der Waals surface area contributed by atoms with Crippen molar-refractivity contribution >= 4 is 38.9 Å². The Kier molecular flexibility index (Phi) is 5.60. The summed E-state index contributed by atoms with van der Waals surface area (Å²) in [6.07, 6.45) is 2.37. The van der Waals surface area contributed by atoms with Gasteiger partial charge in [-0.3, -0.25) is 0 Å². The third kappa shape index (κ3) is 4.26. The number of aromatic nitrogens is 4. The molecule has 1 aromatic carbocycles. The van der Waals surface area contributed by atoms with E-state index in [4.69, 9.17) is 28.0 Å². The molecule has 2 heterocycles. The van der Waals surface area contributed by atoms with Crippen molar-refractivity contribution in [3.8, 4) is 0 Å². The van der Waals surface area contributed by atoms with Gasteiger partial charge in [-0.25, -0.2) is 28.3 Å². The maximum atomic E-state index is 13.5. The van der Waals surface area contributed by atoms with Crippen LogP contribution in [0.25, 0.3) is 0 Å². The number of aryl methyl sites for hydroxylation is 2. The number of hydrogen-bond donors (Lipinski definition) is 3. The normalized spacial score (nSPS) is 14.5. The van der Waals surface area contributed by atoms with Crippen molar-refractivity contribution in [2.24, 2.45) is 0 Å². The highest BCUT2D eigenvalue weighted by Crippen LogP contribution is 2.30. The Morgan fingerprint density at radius 2 is 1.96 bits per heavy atom. The molecule has 3 N–H and O–H groups in total. The first-order chi connectivity index (χ1) is 13.1. The van der Waals surface area contributed by atoms with Crippen LogP contribution in [0.1, 0.15) is 28.8 Å². The van der Waals surface area contributed by atoms with E-state index in [2.05, 4.69) is 25.3 Å². The van der Waals surface area contributed by atoms with Gasteiger partial charge in [0.15, 0.2) is 10.8 Å². The number of imidazole rings is 1. The van der Waals surface area contributed by atoms with E-state index >= 15 is 0 Å². The third-order valence-corrected chi connectivity index (χ3v) is 5.85. The van der Waals surface area contributed by atoms with E-state index in [-0.39, 0.29) is 16.7 Å². The van der Waals surface area contributed by atoms with Crippen LogP contribution in [-0.2, 0) is 9.73 Å². The number of nitrogens with zero attached hydrogens (tertiary/aromatic N) is 3. The van der Waals surface area contributed by atoms with Crippen molar-refractivity contribution in [3.63, 3.8) is 0 Å². The predicted octanol–water partition coefficient (Wildman–Crippen LogP) is 4.50. The topological polar surface area (TPSA) is 107 Å². The fourth-order valence-electron chi connectivity index (χ4n) is 2.64. The Labute approximate surface area is 171 Å².